The highest BCUT2D eigenvalue weighted by Gasteiger charge is 2.12. The van der Waals surface area contributed by atoms with Crippen LogP contribution in [0.15, 0.2) is 52.0 Å². The van der Waals surface area contributed by atoms with Gasteiger partial charge < -0.3 is 20.1 Å². The van der Waals surface area contributed by atoms with E-state index < -0.39 is 11.8 Å². The zero-order valence-corrected chi connectivity index (χ0v) is 19.4. The van der Waals surface area contributed by atoms with Crippen LogP contribution in [0.1, 0.15) is 25.3 Å². The van der Waals surface area contributed by atoms with Gasteiger partial charge in [0.2, 0.25) is 0 Å². The average Bonchev–Trinajstić information content (AvgIpc) is 2.79. The molecule has 0 unspecified atom stereocenters. The zero-order chi connectivity index (χ0) is 23.3. The Kier molecular flexibility index (Phi) is 10.2. The summed E-state index contributed by atoms with van der Waals surface area (Å²) in [5.41, 5.74) is 3.42. The summed E-state index contributed by atoms with van der Waals surface area (Å²) in [5.74, 6) is -1.15. The Hall–Kier alpha value is -3.40. The number of amides is 3. The summed E-state index contributed by atoms with van der Waals surface area (Å²) in [4.78, 5) is 35.4. The van der Waals surface area contributed by atoms with Crippen LogP contribution >= 0.6 is 15.9 Å². The molecule has 0 aromatic heterocycles. The Morgan fingerprint density at radius 3 is 2.50 bits per heavy atom. The van der Waals surface area contributed by atoms with E-state index in [1.54, 1.807) is 30.3 Å². The molecular weight excluding hydrogens is 480 g/mol. The predicted molar refractivity (Wildman–Crippen MR) is 125 cm³/mol. The summed E-state index contributed by atoms with van der Waals surface area (Å²) in [6, 6.07) is 12.1. The number of benzene rings is 2. The molecule has 0 atom stereocenters. The Morgan fingerprint density at radius 2 is 1.81 bits per heavy atom. The van der Waals surface area contributed by atoms with Crippen LogP contribution in [0.4, 0.5) is 5.69 Å². The van der Waals surface area contributed by atoms with Crippen LogP contribution in [0.3, 0.4) is 0 Å². The lowest BCUT2D eigenvalue weighted by Gasteiger charge is -2.11. The third kappa shape index (κ3) is 8.38. The molecule has 3 amide bonds. The molecule has 0 radical (unpaired) electrons. The SMILES string of the molecule is CCCCNC(=O)C(=O)N/N=C\c1ccc(OCC(=O)Nc2ccc(Br)cc2)c(OC)c1. The van der Waals surface area contributed by atoms with Crippen molar-refractivity contribution < 1.29 is 23.9 Å². The Bertz CT molecular complexity index is 963. The minimum Gasteiger partial charge on any atom is -0.493 e. The first-order valence-corrected chi connectivity index (χ1v) is 10.7. The average molecular weight is 505 g/mol. The summed E-state index contributed by atoms with van der Waals surface area (Å²) in [6.07, 6.45) is 3.07. The van der Waals surface area contributed by atoms with E-state index in [2.05, 4.69) is 37.1 Å². The van der Waals surface area contributed by atoms with Crippen LogP contribution < -0.4 is 25.5 Å². The van der Waals surface area contributed by atoms with Crippen molar-refractivity contribution in [2.24, 2.45) is 5.10 Å². The van der Waals surface area contributed by atoms with Gasteiger partial charge in [-0.25, -0.2) is 5.43 Å². The summed E-state index contributed by atoms with van der Waals surface area (Å²) >= 11 is 3.34. The number of anilines is 1. The number of carbonyl (C=O) groups excluding carboxylic acids is 3. The molecule has 2 aromatic rings. The van der Waals surface area contributed by atoms with Gasteiger partial charge in [0, 0.05) is 16.7 Å². The van der Waals surface area contributed by atoms with Gasteiger partial charge in [-0.2, -0.15) is 5.10 Å². The fraction of sp³-hybridized carbons (Fsp3) is 0.273. The molecule has 0 spiro atoms. The van der Waals surface area contributed by atoms with Crippen molar-refractivity contribution in [3.8, 4) is 11.5 Å². The molecular formula is C22H25BrN4O5. The summed E-state index contributed by atoms with van der Waals surface area (Å²) in [5, 5.41) is 9.01. The van der Waals surface area contributed by atoms with Crippen LogP contribution in [0, 0.1) is 0 Å². The molecule has 0 fully saturated rings. The number of carbonyl (C=O) groups is 3. The number of unbranched alkanes of at least 4 members (excludes halogenated alkanes) is 1. The molecule has 3 N–H and O–H groups in total. The molecule has 0 aliphatic carbocycles. The maximum absolute atomic E-state index is 12.1. The van der Waals surface area contributed by atoms with Crippen molar-refractivity contribution in [2.75, 3.05) is 25.6 Å². The second kappa shape index (κ2) is 13.1. The molecule has 9 nitrogen and oxygen atoms in total. The lowest BCUT2D eigenvalue weighted by atomic mass is 10.2. The number of hydrogen-bond acceptors (Lipinski definition) is 6. The molecule has 0 saturated carbocycles. The van der Waals surface area contributed by atoms with Gasteiger partial charge in [-0.05, 0) is 54.4 Å². The van der Waals surface area contributed by atoms with Gasteiger partial charge in [-0.3, -0.25) is 14.4 Å². The highest BCUT2D eigenvalue weighted by atomic mass is 79.9. The van der Waals surface area contributed by atoms with Gasteiger partial charge in [-0.15, -0.1) is 0 Å². The van der Waals surface area contributed by atoms with E-state index in [0.29, 0.717) is 29.3 Å². The maximum atomic E-state index is 12.1. The van der Waals surface area contributed by atoms with Crippen molar-refractivity contribution in [1.29, 1.82) is 0 Å². The van der Waals surface area contributed by atoms with Crippen LogP contribution in [0.25, 0.3) is 0 Å². The number of rotatable bonds is 10. The van der Waals surface area contributed by atoms with Crippen LogP contribution in [-0.2, 0) is 14.4 Å². The smallest absolute Gasteiger partial charge is 0.329 e. The molecule has 0 bridgehead atoms. The Balaban J connectivity index is 1.87. The molecule has 2 rings (SSSR count). The Labute approximate surface area is 194 Å². The quantitative estimate of drug-likeness (QED) is 0.199. The standard InChI is InChI=1S/C22H25BrN4O5/c1-3-4-11-24-21(29)22(30)27-25-13-15-5-10-18(19(12-15)31-2)32-14-20(28)26-17-8-6-16(23)7-9-17/h5-10,12-13H,3-4,11,14H2,1-2H3,(H,24,29)(H,26,28)(H,27,30)/b25-13-. The first-order chi connectivity index (χ1) is 15.4. The van der Waals surface area contributed by atoms with Gasteiger partial charge >= 0.3 is 11.8 Å². The second-order valence-electron chi connectivity index (χ2n) is 6.56. The number of halogens is 1. The second-order valence-corrected chi connectivity index (χ2v) is 7.48. The van der Waals surface area contributed by atoms with Gasteiger partial charge in [0.15, 0.2) is 18.1 Å². The van der Waals surface area contributed by atoms with E-state index in [4.69, 9.17) is 9.47 Å². The third-order valence-electron chi connectivity index (χ3n) is 4.08. The van der Waals surface area contributed by atoms with Crippen LogP contribution in [0.5, 0.6) is 11.5 Å². The normalized spacial score (nSPS) is 10.5. The number of hydrogen-bond donors (Lipinski definition) is 3. The first kappa shape index (κ1) is 24.9. The largest absolute Gasteiger partial charge is 0.493 e. The molecule has 2 aromatic carbocycles. The number of methoxy groups -OCH3 is 1. The van der Waals surface area contributed by atoms with E-state index in [1.165, 1.54) is 13.3 Å². The number of hydrazone groups is 1. The number of ether oxygens (including phenoxy) is 2. The highest BCUT2D eigenvalue weighted by Crippen LogP contribution is 2.27. The zero-order valence-electron chi connectivity index (χ0n) is 17.8. The number of nitrogens with one attached hydrogen (secondary N) is 3. The summed E-state index contributed by atoms with van der Waals surface area (Å²) < 4.78 is 11.8. The molecule has 32 heavy (non-hydrogen) atoms. The van der Waals surface area contributed by atoms with Crippen molar-refractivity contribution in [1.82, 2.24) is 10.7 Å². The van der Waals surface area contributed by atoms with Crippen molar-refractivity contribution in [3.63, 3.8) is 0 Å². The topological polar surface area (TPSA) is 118 Å². The molecule has 0 saturated heterocycles. The van der Waals surface area contributed by atoms with E-state index >= 15 is 0 Å². The molecule has 0 aliphatic heterocycles. The number of nitrogens with zero attached hydrogens (tertiary/aromatic N) is 1. The minimum atomic E-state index is -0.846. The monoisotopic (exact) mass is 504 g/mol. The maximum Gasteiger partial charge on any atom is 0.329 e. The van der Waals surface area contributed by atoms with E-state index in [9.17, 15) is 14.4 Å². The fourth-order valence-electron chi connectivity index (χ4n) is 2.43. The predicted octanol–water partition coefficient (Wildman–Crippen LogP) is 2.84. The molecule has 0 heterocycles. The van der Waals surface area contributed by atoms with Gasteiger partial charge in [0.05, 0.1) is 13.3 Å². The lowest BCUT2D eigenvalue weighted by molar-refractivity contribution is -0.139. The molecule has 0 aliphatic rings. The minimum absolute atomic E-state index is 0.205. The highest BCUT2D eigenvalue weighted by molar-refractivity contribution is 9.10. The first-order valence-electron chi connectivity index (χ1n) is 9.90. The molecule has 10 heteroatoms. The van der Waals surface area contributed by atoms with Crippen molar-refractivity contribution in [3.05, 3.63) is 52.5 Å². The lowest BCUT2D eigenvalue weighted by Crippen LogP contribution is -2.38. The van der Waals surface area contributed by atoms with E-state index in [-0.39, 0.29) is 12.5 Å². The van der Waals surface area contributed by atoms with Gasteiger partial charge in [0.25, 0.3) is 5.91 Å². The van der Waals surface area contributed by atoms with E-state index in [0.717, 1.165) is 17.3 Å². The van der Waals surface area contributed by atoms with E-state index in [1.807, 2.05) is 19.1 Å². The third-order valence-corrected chi connectivity index (χ3v) is 4.60. The van der Waals surface area contributed by atoms with Gasteiger partial charge in [-0.1, -0.05) is 29.3 Å². The van der Waals surface area contributed by atoms with Crippen LogP contribution in [0.2, 0.25) is 0 Å². The Morgan fingerprint density at radius 1 is 1.06 bits per heavy atom. The van der Waals surface area contributed by atoms with Crippen LogP contribution in [-0.4, -0.2) is 44.2 Å². The van der Waals surface area contributed by atoms with Crippen molar-refractivity contribution in [2.45, 2.75) is 19.8 Å². The van der Waals surface area contributed by atoms with Gasteiger partial charge in [0.1, 0.15) is 0 Å². The summed E-state index contributed by atoms with van der Waals surface area (Å²) in [6.45, 7) is 2.22. The summed E-state index contributed by atoms with van der Waals surface area (Å²) in [7, 11) is 1.47. The fourth-order valence-corrected chi connectivity index (χ4v) is 2.70. The van der Waals surface area contributed by atoms with Crippen molar-refractivity contribution >= 4 is 45.6 Å². The molecule has 170 valence electrons.